The van der Waals surface area contributed by atoms with Crippen LogP contribution in [0.4, 0.5) is 0 Å². The molecule has 0 saturated heterocycles. The number of carbonyl (C=O) groups excluding carboxylic acids is 1. The Morgan fingerprint density at radius 1 is 1.33 bits per heavy atom. The molecule has 3 nitrogen and oxygen atoms in total. The van der Waals surface area contributed by atoms with Gasteiger partial charge in [-0.05, 0) is 49.9 Å². The Balaban J connectivity index is 1.96. The maximum Gasteiger partial charge on any atom is 0.229 e. The maximum absolute atomic E-state index is 12.7. The first-order valence-corrected chi connectivity index (χ1v) is 7.44. The van der Waals surface area contributed by atoms with E-state index in [0.717, 1.165) is 50.0 Å². The molecule has 3 heteroatoms. The van der Waals surface area contributed by atoms with Crippen LogP contribution in [0.1, 0.15) is 46.0 Å². The lowest BCUT2D eigenvalue weighted by molar-refractivity contribution is -0.143. The van der Waals surface area contributed by atoms with E-state index in [9.17, 15) is 4.79 Å². The van der Waals surface area contributed by atoms with Crippen molar-refractivity contribution in [2.24, 2.45) is 28.9 Å². The van der Waals surface area contributed by atoms with Gasteiger partial charge in [-0.3, -0.25) is 4.79 Å². The fourth-order valence-corrected chi connectivity index (χ4v) is 3.31. The first-order chi connectivity index (χ1) is 8.48. The number of nitrogens with zero attached hydrogens (tertiary/aromatic N) is 1. The molecule has 0 bridgehead atoms. The van der Waals surface area contributed by atoms with Gasteiger partial charge in [0.15, 0.2) is 0 Å². The van der Waals surface area contributed by atoms with Crippen LogP contribution in [0.5, 0.6) is 0 Å². The molecule has 0 aromatic heterocycles. The van der Waals surface area contributed by atoms with E-state index >= 15 is 0 Å². The molecule has 2 atom stereocenters. The molecule has 0 aliphatic heterocycles. The van der Waals surface area contributed by atoms with E-state index in [1.165, 1.54) is 6.42 Å². The molecule has 104 valence electrons. The highest BCUT2D eigenvalue weighted by Gasteiger charge is 2.43. The highest BCUT2D eigenvalue weighted by molar-refractivity contribution is 5.83. The summed E-state index contributed by atoms with van der Waals surface area (Å²) in [7, 11) is 1.96. The van der Waals surface area contributed by atoms with Gasteiger partial charge in [-0.2, -0.15) is 0 Å². The number of hydrogen-bond donors (Lipinski definition) is 1. The molecule has 0 aromatic rings. The zero-order chi connectivity index (χ0) is 13.3. The number of carbonyl (C=O) groups is 1. The lowest BCUT2D eigenvalue weighted by Crippen LogP contribution is -2.49. The molecule has 2 fully saturated rings. The molecule has 2 unspecified atom stereocenters. The van der Waals surface area contributed by atoms with Gasteiger partial charge in [0.25, 0.3) is 0 Å². The van der Waals surface area contributed by atoms with Crippen LogP contribution in [0.2, 0.25) is 0 Å². The average molecular weight is 252 g/mol. The van der Waals surface area contributed by atoms with Crippen LogP contribution in [0.25, 0.3) is 0 Å². The molecule has 1 amide bonds. The summed E-state index contributed by atoms with van der Waals surface area (Å²) < 4.78 is 0. The SMILES string of the molecule is CC1CCC(CN)(C(=O)N(C)CC2CC2C)CC1. The Kier molecular flexibility index (Phi) is 4.00. The van der Waals surface area contributed by atoms with Crippen LogP contribution >= 0.6 is 0 Å². The fraction of sp³-hybridized carbons (Fsp3) is 0.933. The molecular formula is C15H28N2O. The van der Waals surface area contributed by atoms with Gasteiger partial charge < -0.3 is 10.6 Å². The largest absolute Gasteiger partial charge is 0.345 e. The molecular weight excluding hydrogens is 224 g/mol. The second-order valence-electron chi connectivity index (χ2n) is 6.83. The Labute approximate surface area is 111 Å². The van der Waals surface area contributed by atoms with Gasteiger partial charge in [-0.15, -0.1) is 0 Å². The lowest BCUT2D eigenvalue weighted by atomic mass is 9.70. The van der Waals surface area contributed by atoms with Crippen molar-refractivity contribution >= 4 is 5.91 Å². The molecule has 2 saturated carbocycles. The van der Waals surface area contributed by atoms with Crippen molar-refractivity contribution < 1.29 is 4.79 Å². The van der Waals surface area contributed by atoms with Gasteiger partial charge >= 0.3 is 0 Å². The number of hydrogen-bond acceptors (Lipinski definition) is 2. The predicted molar refractivity (Wildman–Crippen MR) is 74.0 cm³/mol. The van der Waals surface area contributed by atoms with Gasteiger partial charge in [0.2, 0.25) is 5.91 Å². The fourth-order valence-electron chi connectivity index (χ4n) is 3.31. The summed E-state index contributed by atoms with van der Waals surface area (Å²) >= 11 is 0. The van der Waals surface area contributed by atoms with Crippen molar-refractivity contribution in [1.29, 1.82) is 0 Å². The van der Waals surface area contributed by atoms with Crippen LogP contribution in [0.3, 0.4) is 0 Å². The van der Waals surface area contributed by atoms with Crippen molar-refractivity contribution in [3.05, 3.63) is 0 Å². The third-order valence-corrected chi connectivity index (χ3v) is 5.21. The van der Waals surface area contributed by atoms with Crippen molar-refractivity contribution in [2.75, 3.05) is 20.1 Å². The molecule has 0 heterocycles. The molecule has 2 aliphatic carbocycles. The third-order valence-electron chi connectivity index (χ3n) is 5.21. The highest BCUT2D eigenvalue weighted by atomic mass is 16.2. The standard InChI is InChI=1S/C15H28N2O/c1-11-4-6-15(10-16,7-5-11)14(18)17(3)9-13-8-12(13)2/h11-13H,4-10,16H2,1-3H3. The minimum absolute atomic E-state index is 0.251. The van der Waals surface area contributed by atoms with Crippen LogP contribution in [-0.2, 0) is 4.79 Å². The van der Waals surface area contributed by atoms with Gasteiger partial charge in [0, 0.05) is 20.1 Å². The average Bonchev–Trinajstić information content (AvgIpc) is 3.05. The van der Waals surface area contributed by atoms with Crippen molar-refractivity contribution in [2.45, 2.75) is 46.0 Å². The number of nitrogens with two attached hydrogens (primary N) is 1. The van der Waals surface area contributed by atoms with Gasteiger partial charge in [-0.1, -0.05) is 13.8 Å². The van der Waals surface area contributed by atoms with Crippen molar-refractivity contribution in [3.63, 3.8) is 0 Å². The Bertz CT molecular complexity index is 308. The zero-order valence-corrected chi connectivity index (χ0v) is 12.1. The van der Waals surface area contributed by atoms with E-state index < -0.39 is 0 Å². The number of amides is 1. The topological polar surface area (TPSA) is 46.3 Å². The quantitative estimate of drug-likeness (QED) is 0.834. The number of rotatable bonds is 4. The van der Waals surface area contributed by atoms with Crippen LogP contribution in [0.15, 0.2) is 0 Å². The molecule has 18 heavy (non-hydrogen) atoms. The van der Waals surface area contributed by atoms with E-state index in [1.807, 2.05) is 11.9 Å². The normalized spacial score (nSPS) is 39.4. The molecule has 0 radical (unpaired) electrons. The lowest BCUT2D eigenvalue weighted by Gasteiger charge is -2.39. The van der Waals surface area contributed by atoms with Crippen LogP contribution < -0.4 is 5.73 Å². The van der Waals surface area contributed by atoms with E-state index in [0.29, 0.717) is 12.5 Å². The Morgan fingerprint density at radius 3 is 2.33 bits per heavy atom. The van der Waals surface area contributed by atoms with E-state index in [2.05, 4.69) is 13.8 Å². The van der Waals surface area contributed by atoms with E-state index in [4.69, 9.17) is 5.73 Å². The minimum Gasteiger partial charge on any atom is -0.345 e. The summed E-state index contributed by atoms with van der Waals surface area (Å²) in [6, 6.07) is 0. The molecule has 2 N–H and O–H groups in total. The van der Waals surface area contributed by atoms with E-state index in [-0.39, 0.29) is 5.41 Å². The van der Waals surface area contributed by atoms with Crippen LogP contribution in [0, 0.1) is 23.2 Å². The minimum atomic E-state index is -0.251. The first kappa shape index (κ1) is 13.9. The smallest absolute Gasteiger partial charge is 0.229 e. The zero-order valence-electron chi connectivity index (χ0n) is 12.1. The molecule has 2 rings (SSSR count). The van der Waals surface area contributed by atoms with E-state index in [1.54, 1.807) is 0 Å². The molecule has 0 aromatic carbocycles. The van der Waals surface area contributed by atoms with Crippen molar-refractivity contribution in [1.82, 2.24) is 4.90 Å². The third kappa shape index (κ3) is 2.71. The van der Waals surface area contributed by atoms with Crippen molar-refractivity contribution in [3.8, 4) is 0 Å². The monoisotopic (exact) mass is 252 g/mol. The first-order valence-electron chi connectivity index (χ1n) is 7.44. The second-order valence-corrected chi connectivity index (χ2v) is 6.83. The van der Waals surface area contributed by atoms with Gasteiger partial charge in [0.1, 0.15) is 0 Å². The van der Waals surface area contributed by atoms with Gasteiger partial charge in [-0.25, -0.2) is 0 Å². The maximum atomic E-state index is 12.7. The van der Waals surface area contributed by atoms with Crippen LogP contribution in [-0.4, -0.2) is 30.9 Å². The van der Waals surface area contributed by atoms with Gasteiger partial charge in [0.05, 0.1) is 5.41 Å². The predicted octanol–water partition coefficient (Wildman–Crippen LogP) is 2.26. The molecule has 2 aliphatic rings. The Hall–Kier alpha value is -0.570. The molecule has 0 spiro atoms. The summed E-state index contributed by atoms with van der Waals surface area (Å²) in [4.78, 5) is 14.6. The summed E-state index contributed by atoms with van der Waals surface area (Å²) in [5, 5.41) is 0. The highest BCUT2D eigenvalue weighted by Crippen LogP contribution is 2.42. The summed E-state index contributed by atoms with van der Waals surface area (Å²) in [6.45, 7) is 5.99. The Morgan fingerprint density at radius 2 is 1.89 bits per heavy atom. The second kappa shape index (κ2) is 5.20. The summed E-state index contributed by atoms with van der Waals surface area (Å²) in [5.74, 6) is 2.60. The summed E-state index contributed by atoms with van der Waals surface area (Å²) in [5.41, 5.74) is 5.70. The summed E-state index contributed by atoms with van der Waals surface area (Å²) in [6.07, 6.45) is 5.54.